The molecule has 0 radical (unpaired) electrons. The first-order valence-corrected chi connectivity index (χ1v) is 9.59. The number of nitrogens with zero attached hydrogens (tertiary/aromatic N) is 4. The number of hydrogen-bond donors (Lipinski definition) is 1. The van der Waals surface area contributed by atoms with Gasteiger partial charge in [-0.2, -0.15) is 0 Å². The Balaban J connectivity index is 1.75. The van der Waals surface area contributed by atoms with Crippen molar-refractivity contribution in [2.24, 2.45) is 0 Å². The Morgan fingerprint density at radius 1 is 1.32 bits per heavy atom. The van der Waals surface area contributed by atoms with Crippen molar-refractivity contribution in [2.75, 3.05) is 12.3 Å². The van der Waals surface area contributed by atoms with Crippen LogP contribution < -0.4 is 5.32 Å². The van der Waals surface area contributed by atoms with Crippen molar-refractivity contribution in [1.29, 1.82) is 0 Å². The van der Waals surface area contributed by atoms with Gasteiger partial charge >= 0.3 is 0 Å². The summed E-state index contributed by atoms with van der Waals surface area (Å²) in [5.74, 6) is -0.807. The van der Waals surface area contributed by atoms with E-state index in [1.54, 1.807) is 6.33 Å². The molecule has 9 heteroatoms. The van der Waals surface area contributed by atoms with Crippen molar-refractivity contribution in [3.8, 4) is 0 Å². The van der Waals surface area contributed by atoms with E-state index in [9.17, 15) is 14.4 Å². The number of nitrogens with one attached hydrogen (secondary N) is 1. The SMILES string of the molecule is CC(C)n1cnnc1SCC(=O)N1CC(=O)NC(=O)C12CCCCC2. The molecule has 25 heavy (non-hydrogen) atoms. The molecular formula is C16H23N5O3S. The van der Waals surface area contributed by atoms with Crippen LogP contribution in [0.15, 0.2) is 11.5 Å². The topological polar surface area (TPSA) is 97.2 Å². The molecule has 0 atom stereocenters. The van der Waals surface area contributed by atoms with Gasteiger partial charge in [-0.25, -0.2) is 0 Å². The lowest BCUT2D eigenvalue weighted by Crippen LogP contribution is -2.69. The molecule has 0 unspecified atom stereocenters. The van der Waals surface area contributed by atoms with E-state index in [0.29, 0.717) is 18.0 Å². The maximum Gasteiger partial charge on any atom is 0.252 e. The van der Waals surface area contributed by atoms with Crippen LogP contribution in [-0.4, -0.2) is 55.2 Å². The van der Waals surface area contributed by atoms with Crippen molar-refractivity contribution >= 4 is 29.5 Å². The highest BCUT2D eigenvalue weighted by Gasteiger charge is 2.50. The molecule has 2 aliphatic rings. The minimum atomic E-state index is -0.866. The van der Waals surface area contributed by atoms with Crippen LogP contribution in [0.4, 0.5) is 0 Å². The number of imide groups is 1. The zero-order valence-corrected chi connectivity index (χ0v) is 15.3. The lowest BCUT2D eigenvalue weighted by atomic mass is 9.78. The van der Waals surface area contributed by atoms with Crippen molar-refractivity contribution in [2.45, 2.75) is 62.7 Å². The van der Waals surface area contributed by atoms with E-state index >= 15 is 0 Å². The van der Waals surface area contributed by atoms with Gasteiger partial charge in [0.25, 0.3) is 5.91 Å². The number of amides is 3. The summed E-state index contributed by atoms with van der Waals surface area (Å²) in [6, 6.07) is 0.194. The standard InChI is InChI=1S/C16H23N5O3S/c1-11(2)20-10-17-19-15(20)25-9-13(23)21-8-12(22)18-14(24)16(21)6-4-3-5-7-16/h10-11H,3-9H2,1-2H3,(H,18,22,24). The van der Waals surface area contributed by atoms with Crippen LogP contribution in [0.25, 0.3) is 0 Å². The Morgan fingerprint density at radius 2 is 2.04 bits per heavy atom. The Hall–Kier alpha value is -1.90. The quantitative estimate of drug-likeness (QED) is 0.635. The van der Waals surface area contributed by atoms with E-state index in [0.717, 1.165) is 19.3 Å². The van der Waals surface area contributed by atoms with Gasteiger partial charge in [-0.3, -0.25) is 19.7 Å². The first-order valence-electron chi connectivity index (χ1n) is 8.61. The molecule has 1 saturated heterocycles. The predicted octanol–water partition coefficient (Wildman–Crippen LogP) is 1.14. The fourth-order valence-electron chi connectivity index (χ4n) is 3.55. The number of thioether (sulfide) groups is 1. The minimum Gasteiger partial charge on any atom is -0.318 e. The second-order valence-electron chi connectivity index (χ2n) is 6.85. The lowest BCUT2D eigenvalue weighted by Gasteiger charge is -2.47. The first-order chi connectivity index (χ1) is 11.9. The van der Waals surface area contributed by atoms with Gasteiger partial charge in [0.2, 0.25) is 11.8 Å². The molecule has 136 valence electrons. The predicted molar refractivity (Wildman–Crippen MR) is 91.8 cm³/mol. The number of carbonyl (C=O) groups is 3. The third kappa shape index (κ3) is 3.42. The third-order valence-electron chi connectivity index (χ3n) is 4.90. The summed E-state index contributed by atoms with van der Waals surface area (Å²) in [4.78, 5) is 38.7. The molecule has 1 aliphatic heterocycles. The Kier molecular flexibility index (Phi) is 5.12. The highest BCUT2D eigenvalue weighted by atomic mass is 32.2. The largest absolute Gasteiger partial charge is 0.318 e. The van der Waals surface area contributed by atoms with Crippen LogP contribution in [0.5, 0.6) is 0 Å². The lowest BCUT2D eigenvalue weighted by molar-refractivity contribution is -0.158. The van der Waals surface area contributed by atoms with Gasteiger partial charge in [-0.05, 0) is 26.7 Å². The molecule has 0 aromatic carbocycles. The first kappa shape index (κ1) is 17.9. The number of rotatable bonds is 4. The van der Waals surface area contributed by atoms with Crippen LogP contribution >= 0.6 is 11.8 Å². The molecule has 1 spiro atoms. The normalized spacial score (nSPS) is 20.2. The molecule has 3 rings (SSSR count). The zero-order valence-electron chi connectivity index (χ0n) is 14.5. The third-order valence-corrected chi connectivity index (χ3v) is 5.84. The molecular weight excluding hydrogens is 342 g/mol. The summed E-state index contributed by atoms with van der Waals surface area (Å²) in [6.07, 6.45) is 5.70. The molecule has 1 N–H and O–H groups in total. The number of hydrogen-bond acceptors (Lipinski definition) is 6. The summed E-state index contributed by atoms with van der Waals surface area (Å²) in [5.41, 5.74) is -0.866. The van der Waals surface area contributed by atoms with E-state index in [-0.39, 0.29) is 30.2 Å². The summed E-state index contributed by atoms with van der Waals surface area (Å²) < 4.78 is 1.89. The molecule has 1 aromatic rings. The fourth-order valence-corrected chi connectivity index (χ4v) is 4.47. The molecule has 1 aliphatic carbocycles. The average molecular weight is 365 g/mol. The van der Waals surface area contributed by atoms with Crippen LogP contribution in [-0.2, 0) is 14.4 Å². The summed E-state index contributed by atoms with van der Waals surface area (Å²) in [6.45, 7) is 3.97. The molecule has 0 bridgehead atoms. The summed E-state index contributed by atoms with van der Waals surface area (Å²) in [5, 5.41) is 11.0. The Morgan fingerprint density at radius 3 is 2.72 bits per heavy atom. The van der Waals surface area contributed by atoms with E-state index in [4.69, 9.17) is 0 Å². The van der Waals surface area contributed by atoms with Gasteiger partial charge in [-0.1, -0.05) is 31.0 Å². The Labute approximate surface area is 150 Å². The van der Waals surface area contributed by atoms with Crippen molar-refractivity contribution in [3.63, 3.8) is 0 Å². The summed E-state index contributed by atoms with van der Waals surface area (Å²) in [7, 11) is 0. The second-order valence-corrected chi connectivity index (χ2v) is 7.80. The van der Waals surface area contributed by atoms with Gasteiger partial charge in [0.15, 0.2) is 5.16 Å². The van der Waals surface area contributed by atoms with Gasteiger partial charge < -0.3 is 9.47 Å². The van der Waals surface area contributed by atoms with Crippen LogP contribution in [0.3, 0.4) is 0 Å². The van der Waals surface area contributed by atoms with Gasteiger partial charge in [0.05, 0.1) is 5.75 Å². The van der Waals surface area contributed by atoms with Crippen LogP contribution in [0.1, 0.15) is 52.0 Å². The Bertz CT molecular complexity index is 681. The number of piperazine rings is 1. The molecule has 3 amide bonds. The van der Waals surface area contributed by atoms with Crippen LogP contribution in [0.2, 0.25) is 0 Å². The van der Waals surface area contributed by atoms with E-state index in [1.807, 2.05) is 18.4 Å². The highest BCUT2D eigenvalue weighted by molar-refractivity contribution is 7.99. The maximum absolute atomic E-state index is 12.9. The van der Waals surface area contributed by atoms with Crippen molar-refractivity contribution in [3.05, 3.63) is 6.33 Å². The van der Waals surface area contributed by atoms with E-state index in [2.05, 4.69) is 15.5 Å². The van der Waals surface area contributed by atoms with Gasteiger partial charge in [0, 0.05) is 6.04 Å². The van der Waals surface area contributed by atoms with E-state index in [1.165, 1.54) is 16.7 Å². The van der Waals surface area contributed by atoms with Crippen molar-refractivity contribution in [1.82, 2.24) is 25.0 Å². The zero-order chi connectivity index (χ0) is 18.0. The van der Waals surface area contributed by atoms with Gasteiger partial charge in [0.1, 0.15) is 18.4 Å². The highest BCUT2D eigenvalue weighted by Crippen LogP contribution is 2.36. The molecule has 8 nitrogen and oxygen atoms in total. The van der Waals surface area contributed by atoms with E-state index < -0.39 is 11.4 Å². The number of carbonyl (C=O) groups excluding carboxylic acids is 3. The smallest absolute Gasteiger partial charge is 0.252 e. The van der Waals surface area contributed by atoms with Gasteiger partial charge in [-0.15, -0.1) is 10.2 Å². The van der Waals surface area contributed by atoms with Crippen molar-refractivity contribution < 1.29 is 14.4 Å². The summed E-state index contributed by atoms with van der Waals surface area (Å²) >= 11 is 1.29. The minimum absolute atomic E-state index is 0.0536. The monoisotopic (exact) mass is 365 g/mol. The fraction of sp³-hybridized carbons (Fsp3) is 0.688. The molecule has 2 fully saturated rings. The maximum atomic E-state index is 12.9. The van der Waals surface area contributed by atoms with Crippen LogP contribution in [0, 0.1) is 0 Å². The second kappa shape index (κ2) is 7.15. The average Bonchev–Trinajstić information content (AvgIpc) is 3.06. The molecule has 1 aromatic heterocycles. The molecule has 1 saturated carbocycles. The molecule has 2 heterocycles. The number of aromatic nitrogens is 3.